The van der Waals surface area contributed by atoms with Crippen molar-refractivity contribution in [3.63, 3.8) is 0 Å². The molecule has 2 aromatic heterocycles. The highest BCUT2D eigenvalue weighted by atomic mass is 35.5. The third-order valence-corrected chi connectivity index (χ3v) is 6.44. The molecular formula is C22H19ClN4S. The number of nitrogens with zero attached hydrogens (tertiary/aromatic N) is 4. The average Bonchev–Trinajstić information content (AvgIpc) is 3.19. The predicted molar refractivity (Wildman–Crippen MR) is 119 cm³/mol. The number of thiophene rings is 1. The predicted octanol–water partition coefficient (Wildman–Crippen LogP) is 5.34. The molecule has 0 aliphatic carbocycles. The lowest BCUT2D eigenvalue weighted by Gasteiger charge is -2.37. The molecule has 0 atom stereocenters. The Hall–Kier alpha value is -2.63. The number of rotatable bonds is 3. The van der Waals surface area contributed by atoms with E-state index in [4.69, 9.17) is 21.6 Å². The first-order valence-corrected chi connectivity index (χ1v) is 10.6. The third-order valence-electron chi connectivity index (χ3n) is 5.10. The van der Waals surface area contributed by atoms with Crippen LogP contribution < -0.4 is 9.80 Å². The Morgan fingerprint density at radius 1 is 0.786 bits per heavy atom. The lowest BCUT2D eigenvalue weighted by Crippen LogP contribution is -2.47. The van der Waals surface area contributed by atoms with E-state index in [-0.39, 0.29) is 0 Å². The summed E-state index contributed by atoms with van der Waals surface area (Å²) in [6, 6.07) is 20.7. The van der Waals surface area contributed by atoms with Crippen LogP contribution in [0.15, 0.2) is 66.0 Å². The van der Waals surface area contributed by atoms with Crippen LogP contribution in [0.1, 0.15) is 0 Å². The lowest BCUT2D eigenvalue weighted by molar-refractivity contribution is 0.649. The van der Waals surface area contributed by atoms with Gasteiger partial charge in [0.15, 0.2) is 5.82 Å². The fourth-order valence-electron chi connectivity index (χ4n) is 3.67. The quantitative estimate of drug-likeness (QED) is 0.459. The first kappa shape index (κ1) is 17.5. The second-order valence-corrected chi connectivity index (χ2v) is 8.12. The number of fused-ring (bicyclic) bond motifs is 1. The van der Waals surface area contributed by atoms with Gasteiger partial charge in [0.2, 0.25) is 0 Å². The summed E-state index contributed by atoms with van der Waals surface area (Å²) in [6.45, 7) is 3.79. The highest BCUT2D eigenvalue weighted by Gasteiger charge is 2.22. The van der Waals surface area contributed by atoms with E-state index >= 15 is 0 Å². The van der Waals surface area contributed by atoms with Gasteiger partial charge in [-0.1, -0.05) is 41.9 Å². The van der Waals surface area contributed by atoms with Crippen molar-refractivity contribution in [2.45, 2.75) is 0 Å². The van der Waals surface area contributed by atoms with E-state index in [0.29, 0.717) is 10.8 Å². The van der Waals surface area contributed by atoms with Crippen LogP contribution in [0.4, 0.5) is 11.5 Å². The number of hydrogen-bond donors (Lipinski definition) is 0. The third kappa shape index (κ3) is 3.21. The number of anilines is 2. The first-order chi connectivity index (χ1) is 13.8. The number of piperazine rings is 1. The van der Waals surface area contributed by atoms with Crippen LogP contribution >= 0.6 is 22.9 Å². The van der Waals surface area contributed by atoms with Gasteiger partial charge in [0.25, 0.3) is 0 Å². The summed E-state index contributed by atoms with van der Waals surface area (Å²) in [4.78, 5) is 15.4. The summed E-state index contributed by atoms with van der Waals surface area (Å²) < 4.78 is 0. The van der Waals surface area contributed by atoms with Gasteiger partial charge in [0.1, 0.15) is 5.82 Å². The summed E-state index contributed by atoms with van der Waals surface area (Å²) >= 11 is 7.94. The summed E-state index contributed by atoms with van der Waals surface area (Å²) in [7, 11) is 0. The average molecular weight is 407 g/mol. The molecule has 0 N–H and O–H groups in total. The van der Waals surface area contributed by atoms with E-state index < -0.39 is 0 Å². The van der Waals surface area contributed by atoms with Crippen molar-refractivity contribution >= 4 is 45.3 Å². The highest BCUT2D eigenvalue weighted by Crippen LogP contribution is 2.34. The largest absolute Gasteiger partial charge is 0.368 e. The van der Waals surface area contributed by atoms with Gasteiger partial charge in [-0.3, -0.25) is 0 Å². The first-order valence-electron chi connectivity index (χ1n) is 9.35. The molecule has 2 aromatic carbocycles. The molecule has 1 aliphatic heterocycles. The molecule has 0 amide bonds. The Bertz CT molecular complexity index is 1100. The number of hydrogen-bond acceptors (Lipinski definition) is 5. The summed E-state index contributed by atoms with van der Waals surface area (Å²) in [5.74, 6) is 1.71. The van der Waals surface area contributed by atoms with Gasteiger partial charge in [-0.05, 0) is 35.7 Å². The summed E-state index contributed by atoms with van der Waals surface area (Å²) in [6.07, 6.45) is 0. The van der Waals surface area contributed by atoms with Crippen LogP contribution in [0.2, 0.25) is 5.02 Å². The van der Waals surface area contributed by atoms with Crippen molar-refractivity contribution < 1.29 is 0 Å². The lowest BCUT2D eigenvalue weighted by atomic mass is 10.2. The maximum Gasteiger partial charge on any atom is 0.173 e. The van der Waals surface area contributed by atoms with E-state index in [1.54, 1.807) is 11.3 Å². The number of benzene rings is 2. The molecule has 6 heteroatoms. The minimum atomic E-state index is 0.708. The van der Waals surface area contributed by atoms with Crippen LogP contribution in [0, 0.1) is 0 Å². The SMILES string of the molecule is Clc1ccsc1-c1nc(N2CCN(c3ccccc3)CC2)c2ccccc2n1. The van der Waals surface area contributed by atoms with Crippen LogP contribution in [0.5, 0.6) is 0 Å². The molecule has 4 nitrogen and oxygen atoms in total. The molecule has 1 aliphatic rings. The minimum absolute atomic E-state index is 0.708. The van der Waals surface area contributed by atoms with Crippen molar-refractivity contribution in [2.24, 2.45) is 0 Å². The zero-order valence-electron chi connectivity index (χ0n) is 15.3. The molecule has 140 valence electrons. The van der Waals surface area contributed by atoms with Crippen LogP contribution in [0.3, 0.4) is 0 Å². The van der Waals surface area contributed by atoms with E-state index in [1.807, 2.05) is 29.6 Å². The molecular weight excluding hydrogens is 388 g/mol. The summed E-state index contributed by atoms with van der Waals surface area (Å²) in [5.41, 5.74) is 2.23. The van der Waals surface area contributed by atoms with Gasteiger partial charge in [-0.2, -0.15) is 0 Å². The fourth-order valence-corrected chi connectivity index (χ4v) is 4.74. The molecule has 5 rings (SSSR count). The fraction of sp³-hybridized carbons (Fsp3) is 0.182. The van der Waals surface area contributed by atoms with Gasteiger partial charge in [0, 0.05) is 37.3 Å². The zero-order valence-corrected chi connectivity index (χ0v) is 16.8. The van der Waals surface area contributed by atoms with Gasteiger partial charge < -0.3 is 9.80 Å². The van der Waals surface area contributed by atoms with E-state index in [1.165, 1.54) is 5.69 Å². The summed E-state index contributed by atoms with van der Waals surface area (Å²) in [5, 5.41) is 3.78. The molecule has 1 saturated heterocycles. The maximum atomic E-state index is 6.36. The van der Waals surface area contributed by atoms with E-state index in [0.717, 1.165) is 47.8 Å². The number of para-hydroxylation sites is 2. The molecule has 1 fully saturated rings. The Morgan fingerprint density at radius 3 is 2.25 bits per heavy atom. The second-order valence-electron chi connectivity index (χ2n) is 6.80. The molecule has 0 bridgehead atoms. The normalized spacial score (nSPS) is 14.6. The maximum absolute atomic E-state index is 6.36. The number of aromatic nitrogens is 2. The van der Waals surface area contributed by atoms with E-state index in [2.05, 4.69) is 46.2 Å². The van der Waals surface area contributed by atoms with Crippen molar-refractivity contribution in [3.8, 4) is 10.7 Å². The standard InChI is InChI=1S/C22H19ClN4S/c23-18-10-15-28-20(18)21-24-19-9-5-4-8-17(19)22(25-21)27-13-11-26(12-14-27)16-6-2-1-3-7-16/h1-10,15H,11-14H2. The molecule has 0 saturated carbocycles. The van der Waals surface area contributed by atoms with Crippen LogP contribution in [-0.2, 0) is 0 Å². The molecule has 0 spiro atoms. The Kier molecular flexibility index (Phi) is 4.63. The van der Waals surface area contributed by atoms with Gasteiger partial charge in [-0.25, -0.2) is 9.97 Å². The van der Waals surface area contributed by atoms with Gasteiger partial charge in [0.05, 0.1) is 15.4 Å². The highest BCUT2D eigenvalue weighted by molar-refractivity contribution is 7.14. The molecule has 28 heavy (non-hydrogen) atoms. The van der Waals surface area contributed by atoms with Crippen molar-refractivity contribution in [1.29, 1.82) is 0 Å². The van der Waals surface area contributed by atoms with Crippen molar-refractivity contribution in [3.05, 3.63) is 71.1 Å². The van der Waals surface area contributed by atoms with Crippen LogP contribution in [-0.4, -0.2) is 36.1 Å². The smallest absolute Gasteiger partial charge is 0.173 e. The van der Waals surface area contributed by atoms with Gasteiger partial charge >= 0.3 is 0 Å². The Balaban J connectivity index is 1.49. The Morgan fingerprint density at radius 2 is 1.50 bits per heavy atom. The van der Waals surface area contributed by atoms with Gasteiger partial charge in [-0.15, -0.1) is 11.3 Å². The van der Waals surface area contributed by atoms with Crippen LogP contribution in [0.25, 0.3) is 21.6 Å². The molecule has 4 aromatic rings. The molecule has 0 radical (unpaired) electrons. The molecule has 3 heterocycles. The Labute approximate surface area is 173 Å². The second kappa shape index (κ2) is 7.41. The monoisotopic (exact) mass is 406 g/mol. The number of halogens is 1. The van der Waals surface area contributed by atoms with Crippen molar-refractivity contribution in [1.82, 2.24) is 9.97 Å². The van der Waals surface area contributed by atoms with E-state index in [9.17, 15) is 0 Å². The minimum Gasteiger partial charge on any atom is -0.368 e. The topological polar surface area (TPSA) is 32.3 Å². The van der Waals surface area contributed by atoms with Crippen molar-refractivity contribution in [2.75, 3.05) is 36.0 Å². The molecule has 0 unspecified atom stereocenters. The zero-order chi connectivity index (χ0) is 18.9.